The highest BCUT2D eigenvalue weighted by Gasteiger charge is 2.15. The molecule has 0 aliphatic carbocycles. The maximum atomic E-state index is 12.4. The van der Waals surface area contributed by atoms with Crippen molar-refractivity contribution in [3.8, 4) is 6.07 Å². The fraction of sp³-hybridized carbons (Fsp3) is 0.190. The predicted molar refractivity (Wildman–Crippen MR) is 102 cm³/mol. The van der Waals surface area contributed by atoms with Crippen LogP contribution in [0.15, 0.2) is 67.1 Å². The zero-order chi connectivity index (χ0) is 19.1. The molecule has 0 radical (unpaired) electrons. The second-order valence-corrected chi connectivity index (χ2v) is 6.19. The molecule has 0 saturated carbocycles. The molecule has 0 aliphatic heterocycles. The van der Waals surface area contributed by atoms with Gasteiger partial charge in [0.25, 0.3) is 0 Å². The normalized spacial score (nSPS) is 10.2. The van der Waals surface area contributed by atoms with E-state index >= 15 is 0 Å². The van der Waals surface area contributed by atoms with Gasteiger partial charge in [0.15, 0.2) is 0 Å². The summed E-state index contributed by atoms with van der Waals surface area (Å²) in [5.74, 6) is -0.336. The van der Waals surface area contributed by atoms with Gasteiger partial charge in [-0.3, -0.25) is 4.79 Å². The molecule has 2 aromatic carbocycles. The second-order valence-electron chi connectivity index (χ2n) is 6.19. The van der Waals surface area contributed by atoms with Crippen molar-refractivity contribution in [2.45, 2.75) is 13.2 Å². The summed E-state index contributed by atoms with van der Waals surface area (Å²) in [7, 11) is 1.89. The molecule has 0 fully saturated rings. The molecule has 3 aromatic rings. The summed E-state index contributed by atoms with van der Waals surface area (Å²) in [6.45, 7) is 0.740. The number of aromatic nitrogens is 2. The molecule has 0 atom stereocenters. The van der Waals surface area contributed by atoms with E-state index in [0.717, 1.165) is 16.9 Å². The summed E-state index contributed by atoms with van der Waals surface area (Å²) < 4.78 is 7.26. The van der Waals surface area contributed by atoms with Gasteiger partial charge >= 0.3 is 5.97 Å². The Morgan fingerprint density at radius 2 is 2.04 bits per heavy atom. The molecule has 6 heteroatoms. The number of nitriles is 1. The monoisotopic (exact) mass is 360 g/mol. The molecule has 0 unspecified atom stereocenters. The van der Waals surface area contributed by atoms with E-state index in [2.05, 4.69) is 11.1 Å². The van der Waals surface area contributed by atoms with Crippen molar-refractivity contribution in [3.63, 3.8) is 0 Å². The van der Waals surface area contributed by atoms with Crippen molar-refractivity contribution in [2.24, 2.45) is 7.05 Å². The Morgan fingerprint density at radius 3 is 2.74 bits per heavy atom. The van der Waals surface area contributed by atoms with Crippen LogP contribution in [-0.4, -0.2) is 22.1 Å². The fourth-order valence-electron chi connectivity index (χ4n) is 2.69. The first-order chi connectivity index (χ1) is 13.1. The van der Waals surface area contributed by atoms with Crippen molar-refractivity contribution in [2.75, 3.05) is 11.4 Å². The smallest absolute Gasteiger partial charge is 0.325 e. The predicted octanol–water partition coefficient (Wildman–Crippen LogP) is 3.04. The molecule has 0 aliphatic rings. The van der Waals surface area contributed by atoms with Gasteiger partial charge in [0.1, 0.15) is 13.2 Å². The molecule has 0 bridgehead atoms. The van der Waals surface area contributed by atoms with Crippen molar-refractivity contribution in [3.05, 3.63) is 83.9 Å². The molecule has 0 N–H and O–H groups in total. The topological polar surface area (TPSA) is 71.2 Å². The Kier molecular flexibility index (Phi) is 5.85. The quantitative estimate of drug-likeness (QED) is 0.606. The van der Waals surface area contributed by atoms with Crippen LogP contribution in [0, 0.1) is 11.3 Å². The minimum atomic E-state index is -0.336. The van der Waals surface area contributed by atoms with Gasteiger partial charge in [0, 0.05) is 18.9 Å². The first-order valence-corrected chi connectivity index (χ1v) is 8.55. The lowest BCUT2D eigenvalue weighted by Crippen LogP contribution is -2.30. The van der Waals surface area contributed by atoms with Crippen LogP contribution in [-0.2, 0) is 29.7 Å². The summed E-state index contributed by atoms with van der Waals surface area (Å²) in [5.41, 5.74) is 3.08. The number of anilines is 1. The molecule has 1 aromatic heterocycles. The fourth-order valence-corrected chi connectivity index (χ4v) is 2.69. The summed E-state index contributed by atoms with van der Waals surface area (Å²) in [4.78, 5) is 18.6. The van der Waals surface area contributed by atoms with Crippen molar-refractivity contribution in [1.29, 1.82) is 5.26 Å². The summed E-state index contributed by atoms with van der Waals surface area (Å²) in [5, 5.41) is 9.15. The number of carbonyl (C=O) groups is 1. The lowest BCUT2D eigenvalue weighted by Gasteiger charge is -2.23. The summed E-state index contributed by atoms with van der Waals surface area (Å²) in [6.07, 6.45) is 3.61. The largest absolute Gasteiger partial charge is 0.459 e. The average Bonchev–Trinajstić information content (AvgIpc) is 3.11. The third-order valence-corrected chi connectivity index (χ3v) is 4.01. The Morgan fingerprint density at radius 1 is 1.22 bits per heavy atom. The number of carbonyl (C=O) groups excluding carboxylic acids is 1. The van der Waals surface area contributed by atoms with E-state index in [1.165, 1.54) is 0 Å². The highest BCUT2D eigenvalue weighted by molar-refractivity contribution is 5.76. The molecule has 0 saturated heterocycles. The Bertz CT molecular complexity index is 944. The van der Waals surface area contributed by atoms with Crippen LogP contribution in [0.25, 0.3) is 0 Å². The van der Waals surface area contributed by atoms with Gasteiger partial charge in [-0.05, 0) is 23.8 Å². The van der Waals surface area contributed by atoms with E-state index in [4.69, 9.17) is 10.00 Å². The number of benzene rings is 2. The van der Waals surface area contributed by atoms with E-state index in [9.17, 15) is 4.79 Å². The van der Waals surface area contributed by atoms with Crippen molar-refractivity contribution < 1.29 is 9.53 Å². The molecule has 136 valence electrons. The van der Waals surface area contributed by atoms with E-state index in [-0.39, 0.29) is 19.1 Å². The van der Waals surface area contributed by atoms with Crippen LogP contribution in [0.3, 0.4) is 0 Å². The third-order valence-electron chi connectivity index (χ3n) is 4.01. The number of esters is 1. The summed E-state index contributed by atoms with van der Waals surface area (Å²) >= 11 is 0. The van der Waals surface area contributed by atoms with E-state index in [1.807, 2.05) is 59.1 Å². The molecule has 0 spiro atoms. The molecule has 27 heavy (non-hydrogen) atoms. The van der Waals surface area contributed by atoms with Crippen LogP contribution >= 0.6 is 0 Å². The van der Waals surface area contributed by atoms with Crippen LogP contribution in [0.5, 0.6) is 0 Å². The summed E-state index contributed by atoms with van der Waals surface area (Å²) in [6, 6.07) is 18.8. The highest BCUT2D eigenvalue weighted by atomic mass is 16.5. The van der Waals surface area contributed by atoms with Crippen molar-refractivity contribution >= 4 is 11.7 Å². The van der Waals surface area contributed by atoms with Gasteiger partial charge in [-0.2, -0.15) is 5.26 Å². The highest BCUT2D eigenvalue weighted by Crippen LogP contribution is 2.18. The number of rotatable bonds is 7. The number of aryl methyl sites for hydroxylation is 1. The Labute approximate surface area is 158 Å². The second kappa shape index (κ2) is 8.68. The zero-order valence-electron chi connectivity index (χ0n) is 15.1. The lowest BCUT2D eigenvalue weighted by atomic mass is 10.2. The van der Waals surface area contributed by atoms with Gasteiger partial charge in [-0.1, -0.05) is 36.4 Å². The number of ether oxygens (including phenoxy) is 1. The minimum absolute atomic E-state index is 0.0677. The van der Waals surface area contributed by atoms with E-state index in [0.29, 0.717) is 12.1 Å². The van der Waals surface area contributed by atoms with Crippen molar-refractivity contribution in [1.82, 2.24) is 9.55 Å². The zero-order valence-corrected chi connectivity index (χ0v) is 15.1. The van der Waals surface area contributed by atoms with Gasteiger partial charge < -0.3 is 14.2 Å². The Balaban J connectivity index is 1.72. The number of imidazole rings is 1. The van der Waals surface area contributed by atoms with Crippen LogP contribution in [0.2, 0.25) is 0 Å². The molecule has 0 amide bonds. The van der Waals surface area contributed by atoms with Crippen LogP contribution in [0.1, 0.15) is 16.8 Å². The van der Waals surface area contributed by atoms with Gasteiger partial charge in [0.05, 0.1) is 30.2 Å². The number of hydrogen-bond acceptors (Lipinski definition) is 5. The molecule has 6 nitrogen and oxygen atoms in total. The first kappa shape index (κ1) is 18.2. The molecule has 3 rings (SSSR count). The molecule has 1 heterocycles. The first-order valence-electron chi connectivity index (χ1n) is 8.55. The lowest BCUT2D eigenvalue weighted by molar-refractivity contribution is -0.143. The molecular formula is C21H20N4O2. The van der Waals surface area contributed by atoms with E-state index in [1.54, 1.807) is 24.5 Å². The van der Waals surface area contributed by atoms with Crippen LogP contribution in [0.4, 0.5) is 5.69 Å². The maximum Gasteiger partial charge on any atom is 0.325 e. The van der Waals surface area contributed by atoms with Gasteiger partial charge in [-0.15, -0.1) is 0 Å². The molecular weight excluding hydrogens is 340 g/mol. The number of nitrogens with zero attached hydrogens (tertiary/aromatic N) is 4. The minimum Gasteiger partial charge on any atom is -0.459 e. The van der Waals surface area contributed by atoms with Crippen LogP contribution < -0.4 is 4.90 Å². The maximum absolute atomic E-state index is 12.4. The average molecular weight is 360 g/mol. The van der Waals surface area contributed by atoms with Gasteiger partial charge in [0.2, 0.25) is 0 Å². The standard InChI is InChI=1S/C21H20N4O2/c1-24-12-19(23-16-24)13-25(20-9-5-8-18(10-20)11-22)14-21(26)27-15-17-6-3-2-4-7-17/h2-10,12,16H,13-15H2,1H3. The third kappa shape index (κ3) is 5.19. The van der Waals surface area contributed by atoms with E-state index < -0.39 is 0 Å². The number of hydrogen-bond donors (Lipinski definition) is 0. The van der Waals surface area contributed by atoms with Gasteiger partial charge in [-0.25, -0.2) is 4.98 Å². The SMILES string of the molecule is Cn1cnc(CN(CC(=O)OCc2ccccc2)c2cccc(C#N)c2)c1. The Hall–Kier alpha value is -3.59.